The standard InChI is InChI=1S/C13H13F3O4/c1-6(13(14,15)16)10(17)20-12-3-2-7(4-12)8-5-19-11(18)9(8)12/h7-9H,1-5H2. The van der Waals surface area contributed by atoms with E-state index in [0.29, 0.717) is 12.8 Å². The van der Waals surface area contributed by atoms with Gasteiger partial charge in [-0.05, 0) is 25.2 Å². The number of rotatable bonds is 2. The first-order chi connectivity index (χ1) is 9.24. The van der Waals surface area contributed by atoms with E-state index >= 15 is 0 Å². The van der Waals surface area contributed by atoms with Crippen molar-refractivity contribution in [2.45, 2.75) is 31.0 Å². The van der Waals surface area contributed by atoms with Gasteiger partial charge in [-0.2, -0.15) is 13.2 Å². The fourth-order valence-electron chi connectivity index (χ4n) is 3.80. The average molecular weight is 290 g/mol. The molecule has 2 saturated carbocycles. The smallest absolute Gasteiger partial charge is 0.422 e. The summed E-state index contributed by atoms with van der Waals surface area (Å²) in [5, 5.41) is 0. The van der Waals surface area contributed by atoms with Gasteiger partial charge in [-0.3, -0.25) is 4.79 Å². The molecule has 0 radical (unpaired) electrons. The van der Waals surface area contributed by atoms with Crippen LogP contribution in [0.4, 0.5) is 13.2 Å². The van der Waals surface area contributed by atoms with Gasteiger partial charge < -0.3 is 9.47 Å². The highest BCUT2D eigenvalue weighted by molar-refractivity contribution is 5.90. The number of fused-ring (bicyclic) bond motifs is 5. The largest absolute Gasteiger partial charge is 0.465 e. The number of carbonyl (C=O) groups is 2. The third-order valence-electron chi connectivity index (χ3n) is 4.70. The second kappa shape index (κ2) is 3.99. The first-order valence-corrected chi connectivity index (χ1v) is 6.41. The second-order valence-electron chi connectivity index (χ2n) is 5.71. The van der Waals surface area contributed by atoms with Gasteiger partial charge in [-0.15, -0.1) is 0 Å². The number of esters is 2. The van der Waals surface area contributed by atoms with Crippen LogP contribution in [0.15, 0.2) is 12.2 Å². The van der Waals surface area contributed by atoms with Gasteiger partial charge in [0.15, 0.2) is 0 Å². The summed E-state index contributed by atoms with van der Waals surface area (Å²) >= 11 is 0. The third kappa shape index (κ3) is 1.75. The van der Waals surface area contributed by atoms with Crippen molar-refractivity contribution in [1.29, 1.82) is 0 Å². The number of ether oxygens (including phenoxy) is 2. The molecule has 0 aromatic carbocycles. The highest BCUT2D eigenvalue weighted by atomic mass is 19.4. The molecule has 7 heteroatoms. The second-order valence-corrected chi connectivity index (χ2v) is 5.71. The zero-order chi connectivity index (χ0) is 14.7. The molecular weight excluding hydrogens is 277 g/mol. The quantitative estimate of drug-likeness (QED) is 0.576. The summed E-state index contributed by atoms with van der Waals surface area (Å²) in [5.41, 5.74) is -2.67. The van der Waals surface area contributed by atoms with Crippen molar-refractivity contribution in [2.24, 2.45) is 17.8 Å². The molecule has 0 amide bonds. The van der Waals surface area contributed by atoms with Gasteiger partial charge in [0.25, 0.3) is 0 Å². The molecule has 110 valence electrons. The van der Waals surface area contributed by atoms with Crippen LogP contribution >= 0.6 is 0 Å². The molecule has 3 rings (SSSR count). The molecule has 1 heterocycles. The minimum Gasteiger partial charge on any atom is -0.465 e. The summed E-state index contributed by atoms with van der Waals surface area (Å²) in [6.45, 7) is 3.01. The van der Waals surface area contributed by atoms with E-state index in [1.165, 1.54) is 0 Å². The van der Waals surface area contributed by atoms with E-state index in [1.54, 1.807) is 0 Å². The first kappa shape index (κ1) is 13.5. The number of cyclic esters (lactones) is 1. The van der Waals surface area contributed by atoms with Crippen LogP contribution in [0.1, 0.15) is 19.3 Å². The van der Waals surface area contributed by atoms with Crippen molar-refractivity contribution >= 4 is 11.9 Å². The van der Waals surface area contributed by atoms with Crippen LogP contribution in [0.25, 0.3) is 0 Å². The lowest BCUT2D eigenvalue weighted by atomic mass is 9.79. The first-order valence-electron chi connectivity index (χ1n) is 6.41. The summed E-state index contributed by atoms with van der Waals surface area (Å²) in [6, 6.07) is 0. The van der Waals surface area contributed by atoms with Gasteiger partial charge in [0, 0.05) is 5.92 Å². The molecule has 1 aliphatic heterocycles. The van der Waals surface area contributed by atoms with Gasteiger partial charge in [-0.25, -0.2) is 4.79 Å². The summed E-state index contributed by atoms with van der Waals surface area (Å²) in [7, 11) is 0. The van der Waals surface area contributed by atoms with Crippen molar-refractivity contribution in [3.8, 4) is 0 Å². The monoisotopic (exact) mass is 290 g/mol. The Kier molecular flexibility index (Phi) is 2.68. The summed E-state index contributed by atoms with van der Waals surface area (Å²) in [5.74, 6) is -2.44. The highest BCUT2D eigenvalue weighted by Gasteiger charge is 2.66. The molecule has 3 aliphatic rings. The van der Waals surface area contributed by atoms with Gasteiger partial charge in [0.2, 0.25) is 0 Å². The van der Waals surface area contributed by atoms with Crippen molar-refractivity contribution in [2.75, 3.05) is 6.61 Å². The zero-order valence-corrected chi connectivity index (χ0v) is 10.5. The van der Waals surface area contributed by atoms with Gasteiger partial charge >= 0.3 is 18.1 Å². The zero-order valence-electron chi connectivity index (χ0n) is 10.5. The van der Waals surface area contributed by atoms with Crippen molar-refractivity contribution in [1.82, 2.24) is 0 Å². The fourth-order valence-corrected chi connectivity index (χ4v) is 3.80. The van der Waals surface area contributed by atoms with Crippen molar-refractivity contribution < 1.29 is 32.2 Å². The van der Waals surface area contributed by atoms with Crippen LogP contribution in [-0.4, -0.2) is 30.3 Å². The SMILES string of the molecule is C=C(C(=O)OC12CCC(C1)C1COC(=O)C12)C(F)(F)F. The molecule has 0 aromatic heterocycles. The molecule has 0 aromatic rings. The van der Waals surface area contributed by atoms with Gasteiger partial charge in [0.05, 0.1) is 6.61 Å². The average Bonchev–Trinajstić information content (AvgIpc) is 2.99. The Morgan fingerprint density at radius 1 is 1.45 bits per heavy atom. The molecule has 4 nitrogen and oxygen atoms in total. The number of halogens is 3. The van der Waals surface area contributed by atoms with E-state index in [-0.39, 0.29) is 18.4 Å². The van der Waals surface area contributed by atoms with Gasteiger partial charge in [-0.1, -0.05) is 6.58 Å². The van der Waals surface area contributed by atoms with E-state index in [0.717, 1.165) is 6.42 Å². The van der Waals surface area contributed by atoms with Crippen LogP contribution in [0, 0.1) is 17.8 Å². The summed E-state index contributed by atoms with van der Waals surface area (Å²) in [6.07, 6.45) is -3.23. The van der Waals surface area contributed by atoms with Crippen LogP contribution < -0.4 is 0 Å². The van der Waals surface area contributed by atoms with Crippen molar-refractivity contribution in [3.05, 3.63) is 12.2 Å². The Bertz CT molecular complexity index is 498. The van der Waals surface area contributed by atoms with Crippen LogP contribution in [-0.2, 0) is 19.1 Å². The summed E-state index contributed by atoms with van der Waals surface area (Å²) in [4.78, 5) is 23.4. The van der Waals surface area contributed by atoms with Crippen LogP contribution in [0.5, 0.6) is 0 Å². The maximum absolute atomic E-state index is 12.5. The van der Waals surface area contributed by atoms with E-state index in [2.05, 4.69) is 6.58 Å². The normalized spacial score (nSPS) is 38.5. The molecule has 1 saturated heterocycles. The fraction of sp³-hybridized carbons (Fsp3) is 0.692. The molecular formula is C13H13F3O4. The van der Waals surface area contributed by atoms with E-state index in [1.807, 2.05) is 0 Å². The molecule has 4 unspecified atom stereocenters. The number of alkyl halides is 3. The van der Waals surface area contributed by atoms with Crippen molar-refractivity contribution in [3.63, 3.8) is 0 Å². The Labute approximate surface area is 112 Å². The van der Waals surface area contributed by atoms with Gasteiger partial charge in [0.1, 0.15) is 17.1 Å². The summed E-state index contributed by atoms with van der Waals surface area (Å²) < 4.78 is 47.5. The molecule has 4 atom stereocenters. The Hall–Kier alpha value is -1.53. The molecule has 0 spiro atoms. The lowest BCUT2D eigenvalue weighted by Gasteiger charge is -2.32. The predicted octanol–water partition coefficient (Wildman–Crippen LogP) is 1.99. The molecule has 0 N–H and O–H groups in total. The van der Waals surface area contributed by atoms with E-state index in [9.17, 15) is 22.8 Å². The minimum absolute atomic E-state index is 0.0387. The Morgan fingerprint density at radius 3 is 2.80 bits per heavy atom. The highest BCUT2D eigenvalue weighted by Crippen LogP contribution is 2.59. The maximum atomic E-state index is 12.5. The minimum atomic E-state index is -4.82. The Morgan fingerprint density at radius 2 is 2.15 bits per heavy atom. The molecule has 3 fully saturated rings. The lowest BCUT2D eigenvalue weighted by Crippen LogP contribution is -2.43. The molecule has 2 aliphatic carbocycles. The van der Waals surface area contributed by atoms with Crippen LogP contribution in [0.3, 0.4) is 0 Å². The van der Waals surface area contributed by atoms with E-state index < -0.39 is 35.2 Å². The van der Waals surface area contributed by atoms with Crippen LogP contribution in [0.2, 0.25) is 0 Å². The lowest BCUT2D eigenvalue weighted by molar-refractivity contribution is -0.172. The Balaban J connectivity index is 1.81. The number of hydrogen-bond donors (Lipinski definition) is 0. The topological polar surface area (TPSA) is 52.6 Å². The maximum Gasteiger partial charge on any atom is 0.422 e. The number of hydrogen-bond acceptors (Lipinski definition) is 4. The van der Waals surface area contributed by atoms with E-state index in [4.69, 9.17) is 9.47 Å². The third-order valence-corrected chi connectivity index (χ3v) is 4.70. The predicted molar refractivity (Wildman–Crippen MR) is 59.3 cm³/mol. The molecule has 2 bridgehead atoms. The number of carbonyl (C=O) groups excluding carboxylic acids is 2. The molecule has 20 heavy (non-hydrogen) atoms.